The number of nitrogens with one attached hydrogen (secondary N) is 2. The molecule has 1 aromatic heterocycles. The molecule has 0 unspecified atom stereocenters. The highest BCUT2D eigenvalue weighted by atomic mass is 32.2. The van der Waals surface area contributed by atoms with Gasteiger partial charge >= 0.3 is 6.09 Å². The van der Waals surface area contributed by atoms with E-state index in [0.717, 1.165) is 17.3 Å². The lowest BCUT2D eigenvalue weighted by molar-refractivity contribution is -0.119. The van der Waals surface area contributed by atoms with Crippen LogP contribution in [-0.4, -0.2) is 39.5 Å². The van der Waals surface area contributed by atoms with Crippen LogP contribution in [0.4, 0.5) is 4.79 Å². The van der Waals surface area contributed by atoms with E-state index in [1.807, 2.05) is 30.3 Å². The number of aromatic nitrogens is 3. The van der Waals surface area contributed by atoms with Gasteiger partial charge in [-0.1, -0.05) is 42.1 Å². The molecule has 0 radical (unpaired) electrons. The Bertz CT molecular complexity index is 629. The zero-order valence-corrected chi connectivity index (χ0v) is 12.3. The molecule has 110 valence electrons. The predicted octanol–water partition coefficient (Wildman–Crippen LogP) is 1.83. The molecule has 21 heavy (non-hydrogen) atoms. The highest BCUT2D eigenvalue weighted by Crippen LogP contribution is 2.22. The van der Waals surface area contributed by atoms with Crippen molar-refractivity contribution in [3.8, 4) is 11.4 Å². The summed E-state index contributed by atoms with van der Waals surface area (Å²) in [5.74, 6) is 0.164. The first-order valence-electron chi connectivity index (χ1n) is 6.13. The highest BCUT2D eigenvalue weighted by molar-refractivity contribution is 8.00. The average molecular weight is 306 g/mol. The second-order valence-electron chi connectivity index (χ2n) is 4.07. The van der Waals surface area contributed by atoms with Crippen LogP contribution in [0, 0.1) is 0 Å². The number of nitrogens with zero attached hydrogens (tertiary/aromatic N) is 2. The van der Waals surface area contributed by atoms with Crippen LogP contribution in [0.5, 0.6) is 0 Å². The molecule has 0 spiro atoms. The number of alkyl carbamates (subject to hydrolysis) is 1. The minimum absolute atomic E-state index is 0.432. The molecule has 0 aliphatic rings. The van der Waals surface area contributed by atoms with Crippen molar-refractivity contribution in [1.82, 2.24) is 20.5 Å². The zero-order chi connectivity index (χ0) is 15.2. The number of carbonyl (C=O) groups excluding carboxylic acids is 2. The standard InChI is InChI=1S/C13H14N4O3S/c1-8(11(18)15-13(19)20-2)21-12-14-10(16-17-12)9-6-4-3-5-7-9/h3-8H,1-2H3,(H,14,16,17)(H,15,18,19)/t8-/m1/s1. The molecule has 0 aliphatic heterocycles. The van der Waals surface area contributed by atoms with Crippen molar-refractivity contribution in [2.24, 2.45) is 0 Å². The lowest BCUT2D eigenvalue weighted by Gasteiger charge is -2.07. The molecule has 1 heterocycles. The minimum Gasteiger partial charge on any atom is -0.453 e. The highest BCUT2D eigenvalue weighted by Gasteiger charge is 2.19. The number of aromatic amines is 1. The predicted molar refractivity (Wildman–Crippen MR) is 77.7 cm³/mol. The van der Waals surface area contributed by atoms with Crippen LogP contribution in [0.3, 0.4) is 0 Å². The summed E-state index contributed by atoms with van der Waals surface area (Å²) in [5.41, 5.74) is 0.906. The topological polar surface area (TPSA) is 97.0 Å². The maximum Gasteiger partial charge on any atom is 0.413 e. The Labute approximate surface area is 125 Å². The monoisotopic (exact) mass is 306 g/mol. The number of H-pyrrole nitrogens is 1. The summed E-state index contributed by atoms with van der Waals surface area (Å²) >= 11 is 1.15. The van der Waals surface area contributed by atoms with Gasteiger partial charge in [-0.2, -0.15) is 0 Å². The van der Waals surface area contributed by atoms with Gasteiger partial charge in [0.25, 0.3) is 0 Å². The van der Waals surface area contributed by atoms with Crippen molar-refractivity contribution in [3.05, 3.63) is 30.3 Å². The molecule has 2 aromatic rings. The SMILES string of the molecule is COC(=O)NC(=O)[C@@H](C)Sc1n[nH]c(-c2ccccc2)n1. The lowest BCUT2D eigenvalue weighted by Crippen LogP contribution is -2.35. The maximum absolute atomic E-state index is 11.7. The molecule has 7 nitrogen and oxygen atoms in total. The van der Waals surface area contributed by atoms with Crippen molar-refractivity contribution in [1.29, 1.82) is 0 Å². The molecule has 0 saturated carbocycles. The van der Waals surface area contributed by atoms with E-state index in [4.69, 9.17) is 0 Å². The molecule has 8 heteroatoms. The fraction of sp³-hybridized carbons (Fsp3) is 0.231. The van der Waals surface area contributed by atoms with Gasteiger partial charge in [-0.3, -0.25) is 15.2 Å². The molecule has 2 rings (SSSR count). The third kappa shape index (κ3) is 4.06. The van der Waals surface area contributed by atoms with E-state index in [9.17, 15) is 9.59 Å². The van der Waals surface area contributed by atoms with Gasteiger partial charge in [-0.15, -0.1) is 5.10 Å². The summed E-state index contributed by atoms with van der Waals surface area (Å²) in [5, 5.41) is 8.87. The largest absolute Gasteiger partial charge is 0.453 e. The summed E-state index contributed by atoms with van der Waals surface area (Å²) in [6.07, 6.45) is -0.785. The van der Waals surface area contributed by atoms with Crippen LogP contribution in [-0.2, 0) is 9.53 Å². The number of benzene rings is 1. The maximum atomic E-state index is 11.7. The van der Waals surface area contributed by atoms with Crippen molar-refractivity contribution < 1.29 is 14.3 Å². The van der Waals surface area contributed by atoms with Crippen molar-refractivity contribution in [2.75, 3.05) is 7.11 Å². The first-order valence-corrected chi connectivity index (χ1v) is 7.01. The fourth-order valence-corrected chi connectivity index (χ4v) is 2.21. The molecule has 0 fully saturated rings. The number of carbonyl (C=O) groups is 2. The summed E-state index contributed by atoms with van der Waals surface area (Å²) in [4.78, 5) is 27.0. The Morgan fingerprint density at radius 3 is 2.71 bits per heavy atom. The number of hydrogen-bond acceptors (Lipinski definition) is 6. The van der Waals surface area contributed by atoms with Gasteiger partial charge in [0.1, 0.15) is 0 Å². The molecule has 1 atom stereocenters. The van der Waals surface area contributed by atoms with Crippen LogP contribution in [0.1, 0.15) is 6.92 Å². The van der Waals surface area contributed by atoms with Crippen LogP contribution < -0.4 is 5.32 Å². The van der Waals surface area contributed by atoms with Gasteiger partial charge in [0, 0.05) is 5.56 Å². The van der Waals surface area contributed by atoms with E-state index >= 15 is 0 Å². The normalized spacial score (nSPS) is 11.7. The third-order valence-corrected chi connectivity index (χ3v) is 3.54. The van der Waals surface area contributed by atoms with Crippen molar-refractivity contribution in [3.63, 3.8) is 0 Å². The van der Waals surface area contributed by atoms with Gasteiger partial charge in [0.05, 0.1) is 12.4 Å². The molecule has 1 aromatic carbocycles. The van der Waals surface area contributed by atoms with E-state index in [-0.39, 0.29) is 0 Å². The number of methoxy groups -OCH3 is 1. The Morgan fingerprint density at radius 1 is 1.33 bits per heavy atom. The summed E-state index contributed by atoms with van der Waals surface area (Å²) in [6, 6.07) is 9.52. The van der Waals surface area contributed by atoms with Crippen molar-refractivity contribution >= 4 is 23.8 Å². The van der Waals surface area contributed by atoms with E-state index in [1.165, 1.54) is 7.11 Å². The Kier molecular flexibility index (Phi) is 4.94. The second kappa shape index (κ2) is 6.89. The number of amides is 2. The number of thioether (sulfide) groups is 1. The molecule has 0 bridgehead atoms. The first kappa shape index (κ1) is 15.0. The van der Waals surface area contributed by atoms with Crippen LogP contribution in [0.2, 0.25) is 0 Å². The molecular weight excluding hydrogens is 292 g/mol. The molecule has 2 amide bonds. The third-order valence-electron chi connectivity index (χ3n) is 2.57. The molecule has 2 N–H and O–H groups in total. The number of ether oxygens (including phenoxy) is 1. The Morgan fingerprint density at radius 2 is 2.05 bits per heavy atom. The summed E-state index contributed by atoms with van der Waals surface area (Å²) in [6.45, 7) is 1.65. The minimum atomic E-state index is -0.785. The second-order valence-corrected chi connectivity index (χ2v) is 5.38. The zero-order valence-electron chi connectivity index (χ0n) is 11.5. The van der Waals surface area contributed by atoms with Gasteiger partial charge in [-0.25, -0.2) is 9.78 Å². The lowest BCUT2D eigenvalue weighted by atomic mass is 10.2. The number of imide groups is 1. The van der Waals surface area contributed by atoms with Crippen molar-refractivity contribution in [2.45, 2.75) is 17.3 Å². The molecule has 0 aliphatic carbocycles. The van der Waals surface area contributed by atoms with Gasteiger partial charge in [0.15, 0.2) is 5.82 Å². The number of hydrogen-bond donors (Lipinski definition) is 2. The summed E-state index contributed by atoms with van der Waals surface area (Å²) < 4.78 is 4.37. The Hall–Kier alpha value is -2.35. The quantitative estimate of drug-likeness (QED) is 0.837. The van der Waals surface area contributed by atoms with E-state index in [2.05, 4.69) is 25.2 Å². The van der Waals surface area contributed by atoms with E-state index < -0.39 is 17.3 Å². The fourth-order valence-electron chi connectivity index (χ4n) is 1.49. The number of rotatable bonds is 4. The van der Waals surface area contributed by atoms with Gasteiger partial charge < -0.3 is 4.74 Å². The Balaban J connectivity index is 1.99. The van der Waals surface area contributed by atoms with Crippen LogP contribution >= 0.6 is 11.8 Å². The smallest absolute Gasteiger partial charge is 0.413 e. The van der Waals surface area contributed by atoms with E-state index in [0.29, 0.717) is 11.0 Å². The van der Waals surface area contributed by atoms with Crippen LogP contribution in [0.25, 0.3) is 11.4 Å². The first-order chi connectivity index (χ1) is 10.1. The average Bonchev–Trinajstić information content (AvgIpc) is 2.96. The van der Waals surface area contributed by atoms with E-state index in [1.54, 1.807) is 6.92 Å². The van der Waals surface area contributed by atoms with Crippen LogP contribution in [0.15, 0.2) is 35.5 Å². The van der Waals surface area contributed by atoms with Gasteiger partial charge in [-0.05, 0) is 6.92 Å². The molecular formula is C13H14N4O3S. The van der Waals surface area contributed by atoms with Gasteiger partial charge in [0.2, 0.25) is 11.1 Å². The molecule has 0 saturated heterocycles. The summed E-state index contributed by atoms with van der Waals surface area (Å²) in [7, 11) is 1.20.